The lowest BCUT2D eigenvalue weighted by molar-refractivity contribution is -0.120. The Morgan fingerprint density at radius 1 is 0.931 bits per heavy atom. The van der Waals surface area contributed by atoms with E-state index < -0.39 is 17.6 Å². The van der Waals surface area contributed by atoms with Crippen LogP contribution in [0.3, 0.4) is 0 Å². The molecule has 29 heavy (non-hydrogen) atoms. The fraction of sp³-hybridized carbons (Fsp3) is 0.130. The maximum atomic E-state index is 14.4. The summed E-state index contributed by atoms with van der Waals surface area (Å²) >= 11 is 1.39. The van der Waals surface area contributed by atoms with Crippen LogP contribution in [0.5, 0.6) is 0 Å². The highest BCUT2D eigenvalue weighted by molar-refractivity contribution is 7.11. The average molecular weight is 406 g/mol. The predicted molar refractivity (Wildman–Crippen MR) is 113 cm³/mol. The fourth-order valence-corrected chi connectivity index (χ4v) is 4.22. The number of hydrogen-bond acceptors (Lipinski definition) is 4. The summed E-state index contributed by atoms with van der Waals surface area (Å²) in [5, 5.41) is 1.86. The Morgan fingerprint density at radius 3 is 2.31 bits per heavy atom. The highest BCUT2D eigenvalue weighted by Crippen LogP contribution is 2.37. The first-order valence-corrected chi connectivity index (χ1v) is 10.2. The summed E-state index contributed by atoms with van der Waals surface area (Å²) < 4.78 is 14.4. The van der Waals surface area contributed by atoms with E-state index in [1.54, 1.807) is 6.07 Å². The Morgan fingerprint density at radius 2 is 1.66 bits per heavy atom. The molecule has 0 bridgehead atoms. The molecule has 0 N–H and O–H groups in total. The van der Waals surface area contributed by atoms with Crippen molar-refractivity contribution >= 4 is 34.4 Å². The van der Waals surface area contributed by atoms with E-state index in [-0.39, 0.29) is 5.69 Å². The number of thiophene rings is 1. The van der Waals surface area contributed by atoms with Crippen molar-refractivity contribution in [2.45, 2.75) is 13.5 Å². The molecule has 0 fully saturated rings. The molecule has 2 aromatic carbocycles. The number of para-hydroxylation sites is 1. The molecule has 6 heteroatoms. The molecular weight excluding hydrogens is 387 g/mol. The highest BCUT2D eigenvalue weighted by Gasteiger charge is 2.43. The van der Waals surface area contributed by atoms with Crippen LogP contribution < -0.4 is 4.90 Å². The number of likely N-dealkylation sites (N-methyl/N-ethyl adjacent to an activating group) is 1. The van der Waals surface area contributed by atoms with Crippen molar-refractivity contribution < 1.29 is 14.0 Å². The molecule has 0 unspecified atom stereocenters. The molecule has 1 aromatic heterocycles. The molecule has 0 saturated carbocycles. The van der Waals surface area contributed by atoms with Crippen LogP contribution in [0.2, 0.25) is 0 Å². The van der Waals surface area contributed by atoms with Gasteiger partial charge in [-0.25, -0.2) is 9.29 Å². The van der Waals surface area contributed by atoms with Crippen molar-refractivity contribution in [1.82, 2.24) is 4.90 Å². The molecule has 0 atom stereocenters. The maximum absolute atomic E-state index is 14.4. The van der Waals surface area contributed by atoms with Crippen molar-refractivity contribution in [1.29, 1.82) is 0 Å². The summed E-state index contributed by atoms with van der Waals surface area (Å²) in [4.78, 5) is 30.2. The molecule has 0 radical (unpaired) electrons. The Kier molecular flexibility index (Phi) is 5.27. The van der Waals surface area contributed by atoms with E-state index in [1.165, 1.54) is 29.5 Å². The molecule has 3 aromatic rings. The first-order valence-electron chi connectivity index (χ1n) is 9.32. The Labute approximate surface area is 172 Å². The number of benzene rings is 2. The molecule has 0 spiro atoms. The normalized spacial score (nSPS) is 14.1. The van der Waals surface area contributed by atoms with Crippen LogP contribution in [-0.4, -0.2) is 23.3 Å². The zero-order valence-electron chi connectivity index (χ0n) is 15.8. The second-order valence-electron chi connectivity index (χ2n) is 6.60. The molecular formula is C23H19FN2O2S. The number of hydrogen-bond donors (Lipinski definition) is 0. The summed E-state index contributed by atoms with van der Waals surface area (Å²) in [5.74, 6) is -1.60. The number of rotatable bonds is 6. The number of imide groups is 1. The number of halogens is 1. The predicted octanol–water partition coefficient (Wildman–Crippen LogP) is 4.69. The van der Waals surface area contributed by atoms with Crippen LogP contribution in [0, 0.1) is 5.82 Å². The van der Waals surface area contributed by atoms with Gasteiger partial charge in [-0.3, -0.25) is 9.59 Å². The third kappa shape index (κ3) is 3.47. The minimum Gasteiger partial charge on any atom is -0.362 e. The number of anilines is 1. The number of nitrogens with zero attached hydrogens (tertiary/aromatic N) is 2. The Hall–Kier alpha value is -3.25. The zero-order chi connectivity index (χ0) is 20.4. The summed E-state index contributed by atoms with van der Waals surface area (Å²) in [6, 6.07) is 19.3. The van der Waals surface area contributed by atoms with Gasteiger partial charge in [0.15, 0.2) is 0 Å². The summed E-state index contributed by atoms with van der Waals surface area (Å²) in [7, 11) is 0. The van der Waals surface area contributed by atoms with Gasteiger partial charge in [-0.2, -0.15) is 0 Å². The first kappa shape index (κ1) is 19.1. The van der Waals surface area contributed by atoms with E-state index in [1.807, 2.05) is 59.7 Å². The number of amides is 2. The van der Waals surface area contributed by atoms with Gasteiger partial charge in [0, 0.05) is 18.0 Å². The van der Waals surface area contributed by atoms with E-state index in [0.717, 1.165) is 10.5 Å². The first-order chi connectivity index (χ1) is 14.1. The van der Waals surface area contributed by atoms with Crippen LogP contribution in [-0.2, 0) is 16.1 Å². The van der Waals surface area contributed by atoms with Crippen LogP contribution in [0.4, 0.5) is 10.1 Å². The van der Waals surface area contributed by atoms with E-state index in [4.69, 9.17) is 0 Å². The van der Waals surface area contributed by atoms with Gasteiger partial charge in [0.2, 0.25) is 0 Å². The van der Waals surface area contributed by atoms with Crippen molar-refractivity contribution in [3.05, 3.63) is 94.1 Å². The molecule has 2 amide bonds. The zero-order valence-corrected chi connectivity index (χ0v) is 16.7. The Bertz CT molecular complexity index is 1080. The standard InChI is InChI=1S/C23H19FN2O2S/c1-2-25(15-16-9-4-3-5-10-16)21-20(19-13-8-14-29-19)22(27)26(23(21)28)18-12-7-6-11-17(18)24/h3-14H,2,15H2,1H3. The van der Waals surface area contributed by atoms with Gasteiger partial charge in [-0.1, -0.05) is 48.5 Å². The molecule has 1 aliphatic rings. The lowest BCUT2D eigenvalue weighted by Crippen LogP contribution is -2.35. The minimum absolute atomic E-state index is 0.0256. The quantitative estimate of drug-likeness (QED) is 0.558. The van der Waals surface area contributed by atoms with Crippen LogP contribution in [0.15, 0.2) is 77.8 Å². The monoisotopic (exact) mass is 406 g/mol. The van der Waals surface area contributed by atoms with Gasteiger partial charge >= 0.3 is 0 Å². The molecule has 4 nitrogen and oxygen atoms in total. The van der Waals surface area contributed by atoms with E-state index in [9.17, 15) is 14.0 Å². The smallest absolute Gasteiger partial charge is 0.282 e. The largest absolute Gasteiger partial charge is 0.362 e. The SMILES string of the molecule is CCN(Cc1ccccc1)C1=C(c2cccs2)C(=O)N(c2ccccc2F)C1=O. The third-order valence-corrected chi connectivity index (χ3v) is 5.72. The lowest BCUT2D eigenvalue weighted by Gasteiger charge is -2.25. The van der Waals surface area contributed by atoms with E-state index in [2.05, 4.69) is 0 Å². The number of carbonyl (C=O) groups is 2. The average Bonchev–Trinajstić information content (AvgIpc) is 3.34. The van der Waals surface area contributed by atoms with Crippen molar-refractivity contribution in [2.75, 3.05) is 11.4 Å². The lowest BCUT2D eigenvalue weighted by atomic mass is 10.1. The summed E-state index contributed by atoms with van der Waals surface area (Å²) in [6.45, 7) is 2.94. The molecule has 146 valence electrons. The van der Waals surface area contributed by atoms with Crippen LogP contribution >= 0.6 is 11.3 Å². The van der Waals surface area contributed by atoms with Crippen molar-refractivity contribution in [3.63, 3.8) is 0 Å². The molecule has 1 aliphatic heterocycles. The second-order valence-corrected chi connectivity index (χ2v) is 7.55. The van der Waals surface area contributed by atoms with Gasteiger partial charge in [-0.05, 0) is 36.1 Å². The van der Waals surface area contributed by atoms with Crippen LogP contribution in [0.25, 0.3) is 5.57 Å². The Balaban J connectivity index is 1.82. The van der Waals surface area contributed by atoms with Gasteiger partial charge in [-0.15, -0.1) is 11.3 Å². The highest BCUT2D eigenvalue weighted by atomic mass is 32.1. The van der Waals surface area contributed by atoms with Gasteiger partial charge in [0.1, 0.15) is 11.5 Å². The second kappa shape index (κ2) is 8.01. The molecule has 2 heterocycles. The van der Waals surface area contributed by atoms with Crippen molar-refractivity contribution in [2.24, 2.45) is 0 Å². The topological polar surface area (TPSA) is 40.6 Å². The number of carbonyl (C=O) groups excluding carboxylic acids is 2. The molecule has 0 aliphatic carbocycles. The maximum Gasteiger partial charge on any atom is 0.282 e. The summed E-state index contributed by atoms with van der Waals surface area (Å²) in [5.41, 5.74) is 1.64. The van der Waals surface area contributed by atoms with Gasteiger partial charge < -0.3 is 4.90 Å². The molecule has 0 saturated heterocycles. The minimum atomic E-state index is -0.605. The van der Waals surface area contributed by atoms with Gasteiger partial charge in [0.05, 0.1) is 11.3 Å². The van der Waals surface area contributed by atoms with E-state index >= 15 is 0 Å². The fourth-order valence-electron chi connectivity index (χ4n) is 3.46. The van der Waals surface area contributed by atoms with E-state index in [0.29, 0.717) is 29.2 Å². The third-order valence-electron chi connectivity index (χ3n) is 4.83. The van der Waals surface area contributed by atoms with Crippen LogP contribution in [0.1, 0.15) is 17.4 Å². The van der Waals surface area contributed by atoms with Crippen molar-refractivity contribution in [3.8, 4) is 0 Å². The summed E-state index contributed by atoms with van der Waals surface area (Å²) in [6.07, 6.45) is 0. The molecule has 4 rings (SSSR count). The van der Waals surface area contributed by atoms with Gasteiger partial charge in [0.25, 0.3) is 11.8 Å².